The minimum absolute atomic E-state index is 0.384. The van der Waals surface area contributed by atoms with Gasteiger partial charge in [0.1, 0.15) is 5.82 Å². The van der Waals surface area contributed by atoms with Crippen LogP contribution < -0.4 is 11.1 Å². The summed E-state index contributed by atoms with van der Waals surface area (Å²) in [6.07, 6.45) is 2.74. The lowest BCUT2D eigenvalue weighted by atomic mass is 10.2. The van der Waals surface area contributed by atoms with E-state index in [1.165, 1.54) is 0 Å². The van der Waals surface area contributed by atoms with Crippen LogP contribution >= 0.6 is 0 Å². The van der Waals surface area contributed by atoms with Crippen molar-refractivity contribution in [1.29, 1.82) is 0 Å². The molecule has 4 nitrogen and oxygen atoms in total. The number of hydrogen-bond donors (Lipinski definition) is 2. The molecule has 13 heavy (non-hydrogen) atoms. The lowest BCUT2D eigenvalue weighted by molar-refractivity contribution is 0.195. The number of aromatic nitrogens is 1. The number of pyridine rings is 1. The molecule has 1 aromatic heterocycles. The number of hydrogen-bond acceptors (Lipinski definition) is 4. The van der Waals surface area contributed by atoms with E-state index in [1.54, 1.807) is 12.3 Å². The standard InChI is InChI=1S/C9H13N3O/c10-7-1-3-11-9(5-7)12-8-2-4-13-6-8/h1,3,5,8H,2,4,6H2,(H3,10,11,12)/t8-/m0/s1. The van der Waals surface area contributed by atoms with Gasteiger partial charge in [0.2, 0.25) is 0 Å². The summed E-state index contributed by atoms with van der Waals surface area (Å²) in [5.74, 6) is 0.829. The summed E-state index contributed by atoms with van der Waals surface area (Å²) in [5, 5.41) is 3.27. The molecule has 0 aliphatic carbocycles. The normalized spacial score (nSPS) is 21.7. The molecule has 1 saturated heterocycles. The van der Waals surface area contributed by atoms with Crippen molar-refractivity contribution in [2.45, 2.75) is 12.5 Å². The van der Waals surface area contributed by atoms with E-state index in [9.17, 15) is 0 Å². The number of nitrogen functional groups attached to an aromatic ring is 1. The largest absolute Gasteiger partial charge is 0.399 e. The minimum atomic E-state index is 0.384. The second-order valence-electron chi connectivity index (χ2n) is 3.18. The molecule has 0 aromatic carbocycles. The van der Waals surface area contributed by atoms with Crippen LogP contribution in [0.2, 0.25) is 0 Å². The molecule has 0 spiro atoms. The van der Waals surface area contributed by atoms with E-state index in [1.807, 2.05) is 6.07 Å². The van der Waals surface area contributed by atoms with E-state index in [0.29, 0.717) is 6.04 Å². The average molecular weight is 179 g/mol. The molecule has 1 fully saturated rings. The van der Waals surface area contributed by atoms with Gasteiger partial charge < -0.3 is 15.8 Å². The predicted octanol–water partition coefficient (Wildman–Crippen LogP) is 0.865. The van der Waals surface area contributed by atoms with Crippen molar-refractivity contribution in [1.82, 2.24) is 4.98 Å². The predicted molar refractivity (Wildman–Crippen MR) is 51.5 cm³/mol. The van der Waals surface area contributed by atoms with E-state index in [2.05, 4.69) is 10.3 Å². The molecule has 0 amide bonds. The van der Waals surface area contributed by atoms with Crippen LogP contribution in [-0.4, -0.2) is 24.2 Å². The van der Waals surface area contributed by atoms with Gasteiger partial charge in [-0.05, 0) is 12.5 Å². The van der Waals surface area contributed by atoms with Crippen LogP contribution in [0, 0.1) is 0 Å². The van der Waals surface area contributed by atoms with Gasteiger partial charge in [-0.3, -0.25) is 0 Å². The Kier molecular flexibility index (Phi) is 2.31. The Balaban J connectivity index is 2.00. The zero-order chi connectivity index (χ0) is 9.10. The first-order chi connectivity index (χ1) is 6.34. The lowest BCUT2D eigenvalue weighted by Gasteiger charge is -2.10. The van der Waals surface area contributed by atoms with Crippen molar-refractivity contribution in [3.8, 4) is 0 Å². The van der Waals surface area contributed by atoms with E-state index in [0.717, 1.165) is 31.1 Å². The Hall–Kier alpha value is -1.29. The quantitative estimate of drug-likeness (QED) is 0.707. The van der Waals surface area contributed by atoms with E-state index in [-0.39, 0.29) is 0 Å². The van der Waals surface area contributed by atoms with Crippen molar-refractivity contribution < 1.29 is 4.74 Å². The maximum absolute atomic E-state index is 5.62. The van der Waals surface area contributed by atoms with Crippen molar-refractivity contribution in [2.75, 3.05) is 24.3 Å². The third-order valence-electron chi connectivity index (χ3n) is 2.07. The Labute approximate surface area is 77.1 Å². The smallest absolute Gasteiger partial charge is 0.128 e. The van der Waals surface area contributed by atoms with Gasteiger partial charge in [-0.1, -0.05) is 0 Å². The van der Waals surface area contributed by atoms with Crippen molar-refractivity contribution >= 4 is 11.5 Å². The van der Waals surface area contributed by atoms with Crippen LogP contribution in [0.3, 0.4) is 0 Å². The van der Waals surface area contributed by atoms with Gasteiger partial charge in [0.15, 0.2) is 0 Å². The number of nitrogens with zero attached hydrogens (tertiary/aromatic N) is 1. The molecule has 1 atom stereocenters. The summed E-state index contributed by atoms with van der Waals surface area (Å²) >= 11 is 0. The third kappa shape index (κ3) is 2.09. The number of rotatable bonds is 2. The summed E-state index contributed by atoms with van der Waals surface area (Å²) in [4.78, 5) is 4.16. The number of ether oxygens (including phenoxy) is 1. The number of nitrogens with two attached hydrogens (primary N) is 1. The van der Waals surface area contributed by atoms with Crippen LogP contribution in [0.25, 0.3) is 0 Å². The van der Waals surface area contributed by atoms with Gasteiger partial charge in [0.05, 0.1) is 12.6 Å². The van der Waals surface area contributed by atoms with Gasteiger partial charge in [0, 0.05) is 24.6 Å². The monoisotopic (exact) mass is 179 g/mol. The highest BCUT2D eigenvalue weighted by Gasteiger charge is 2.15. The SMILES string of the molecule is Nc1ccnc(N[C@H]2CCOC2)c1. The summed E-state index contributed by atoms with van der Waals surface area (Å²) in [6.45, 7) is 1.59. The molecule has 4 heteroatoms. The average Bonchev–Trinajstić information content (AvgIpc) is 2.57. The maximum atomic E-state index is 5.62. The third-order valence-corrected chi connectivity index (χ3v) is 2.07. The summed E-state index contributed by atoms with van der Waals surface area (Å²) in [6, 6.07) is 3.99. The van der Waals surface area contributed by atoms with Crippen molar-refractivity contribution in [3.63, 3.8) is 0 Å². The zero-order valence-electron chi connectivity index (χ0n) is 7.36. The molecule has 1 aromatic rings. The van der Waals surface area contributed by atoms with Crippen molar-refractivity contribution in [2.24, 2.45) is 0 Å². The fraction of sp³-hybridized carbons (Fsp3) is 0.444. The highest BCUT2D eigenvalue weighted by molar-refractivity contribution is 5.48. The van der Waals surface area contributed by atoms with Crippen molar-refractivity contribution in [3.05, 3.63) is 18.3 Å². The topological polar surface area (TPSA) is 60.2 Å². The fourth-order valence-corrected chi connectivity index (χ4v) is 1.38. The van der Waals surface area contributed by atoms with Gasteiger partial charge in [-0.15, -0.1) is 0 Å². The first-order valence-electron chi connectivity index (χ1n) is 4.40. The first-order valence-corrected chi connectivity index (χ1v) is 4.40. The zero-order valence-corrected chi connectivity index (χ0v) is 7.36. The van der Waals surface area contributed by atoms with E-state index in [4.69, 9.17) is 10.5 Å². The molecule has 0 bridgehead atoms. The second kappa shape index (κ2) is 3.62. The summed E-state index contributed by atoms with van der Waals surface area (Å²) in [5.41, 5.74) is 6.35. The molecule has 2 rings (SSSR count). The van der Waals surface area contributed by atoms with E-state index < -0.39 is 0 Å². The molecule has 2 heterocycles. The molecule has 1 aliphatic rings. The molecular weight excluding hydrogens is 166 g/mol. The number of anilines is 2. The Morgan fingerprint density at radius 1 is 1.62 bits per heavy atom. The fourth-order valence-electron chi connectivity index (χ4n) is 1.38. The van der Waals surface area contributed by atoms with E-state index >= 15 is 0 Å². The molecular formula is C9H13N3O. The Morgan fingerprint density at radius 3 is 3.23 bits per heavy atom. The molecule has 0 radical (unpaired) electrons. The van der Waals surface area contributed by atoms with Gasteiger partial charge in [-0.2, -0.15) is 0 Å². The van der Waals surface area contributed by atoms with Gasteiger partial charge >= 0.3 is 0 Å². The summed E-state index contributed by atoms with van der Waals surface area (Å²) < 4.78 is 5.24. The molecule has 3 N–H and O–H groups in total. The van der Waals surface area contributed by atoms with Crippen LogP contribution in [0.1, 0.15) is 6.42 Å². The maximum Gasteiger partial charge on any atom is 0.128 e. The summed E-state index contributed by atoms with van der Waals surface area (Å²) in [7, 11) is 0. The number of nitrogens with one attached hydrogen (secondary N) is 1. The Morgan fingerprint density at radius 2 is 2.54 bits per heavy atom. The highest BCUT2D eigenvalue weighted by atomic mass is 16.5. The first kappa shape index (κ1) is 8.31. The highest BCUT2D eigenvalue weighted by Crippen LogP contribution is 2.13. The minimum Gasteiger partial charge on any atom is -0.399 e. The Bertz CT molecular complexity index is 284. The van der Waals surface area contributed by atoms with Crippen LogP contribution in [0.4, 0.5) is 11.5 Å². The lowest BCUT2D eigenvalue weighted by Crippen LogP contribution is -2.19. The second-order valence-corrected chi connectivity index (χ2v) is 3.18. The van der Waals surface area contributed by atoms with Crippen LogP contribution in [-0.2, 0) is 4.74 Å². The van der Waals surface area contributed by atoms with Crippen LogP contribution in [0.15, 0.2) is 18.3 Å². The van der Waals surface area contributed by atoms with Crippen LogP contribution in [0.5, 0.6) is 0 Å². The molecule has 70 valence electrons. The van der Waals surface area contributed by atoms with Gasteiger partial charge in [0.25, 0.3) is 0 Å². The van der Waals surface area contributed by atoms with Gasteiger partial charge in [-0.25, -0.2) is 4.98 Å². The molecule has 0 unspecified atom stereocenters. The molecule has 1 aliphatic heterocycles. The molecule has 0 saturated carbocycles.